The molecule has 2 aliphatic rings. The van der Waals surface area contributed by atoms with Crippen LogP contribution in [0.1, 0.15) is 109 Å². The van der Waals surface area contributed by atoms with Gasteiger partial charge in [-0.25, -0.2) is 0 Å². The van der Waals surface area contributed by atoms with E-state index in [4.69, 9.17) is 0 Å². The van der Waals surface area contributed by atoms with Crippen LogP contribution >= 0.6 is 23.1 Å². The van der Waals surface area contributed by atoms with Gasteiger partial charge in [0.05, 0.1) is 11.1 Å². The number of aryl methyl sites for hydroxylation is 2. The zero-order chi connectivity index (χ0) is 29.4. The number of allylic oxidation sites excluding steroid dienone is 8. The van der Waals surface area contributed by atoms with Crippen LogP contribution in [0.2, 0.25) is 0 Å². The molecule has 218 valence electrons. The van der Waals surface area contributed by atoms with Crippen molar-refractivity contribution in [2.45, 2.75) is 107 Å². The van der Waals surface area contributed by atoms with E-state index in [0.717, 1.165) is 62.5 Å². The van der Waals surface area contributed by atoms with Gasteiger partial charge in [0.2, 0.25) is 26.9 Å². The lowest BCUT2D eigenvalue weighted by Gasteiger charge is -2.21. The summed E-state index contributed by atoms with van der Waals surface area (Å²) in [7, 11) is 0. The van der Waals surface area contributed by atoms with Crippen molar-refractivity contribution < 1.29 is 9.90 Å². The number of carbonyl (C=O) groups is 1. The lowest BCUT2D eigenvalue weighted by atomic mass is 9.85. The molecule has 0 spiro atoms. The fourth-order valence-electron chi connectivity index (χ4n) is 4.71. The highest BCUT2D eigenvalue weighted by Crippen LogP contribution is 2.40. The van der Waals surface area contributed by atoms with E-state index in [9.17, 15) is 9.90 Å². The molecule has 1 aromatic heterocycles. The molecule has 1 aliphatic heterocycles. The van der Waals surface area contributed by atoms with Crippen LogP contribution in [0.5, 0.6) is 0 Å². The summed E-state index contributed by atoms with van der Waals surface area (Å²) < 4.78 is 0. The minimum Gasteiger partial charge on any atom is -0.506 e. The molecule has 0 saturated heterocycles. The largest absolute Gasteiger partial charge is 0.506 e. The predicted molar refractivity (Wildman–Crippen MR) is 178 cm³/mol. The van der Waals surface area contributed by atoms with Gasteiger partial charge in [-0.05, 0) is 107 Å². The smallest absolute Gasteiger partial charge is 0.218 e. The van der Waals surface area contributed by atoms with E-state index in [1.807, 2.05) is 35.3 Å². The first-order valence-electron chi connectivity index (χ1n) is 15.4. The molecule has 0 amide bonds. The molecule has 0 saturated carbocycles. The van der Waals surface area contributed by atoms with Crippen LogP contribution in [0.4, 0.5) is 0 Å². The van der Waals surface area contributed by atoms with E-state index in [0.29, 0.717) is 34.8 Å². The Hall–Kier alpha value is -1.91. The van der Waals surface area contributed by atoms with Gasteiger partial charge < -0.3 is 5.11 Å². The Morgan fingerprint density at radius 1 is 0.725 bits per heavy atom. The molecule has 0 radical (unpaired) electrons. The summed E-state index contributed by atoms with van der Waals surface area (Å²) >= 11 is 3.79. The Kier molecular flexibility index (Phi) is 12.5. The quantitative estimate of drug-likeness (QED) is 0.176. The molecule has 4 heteroatoms. The predicted octanol–water partition coefficient (Wildman–Crippen LogP) is 11.3. The van der Waals surface area contributed by atoms with Crippen molar-refractivity contribution >= 4 is 35.0 Å². The van der Waals surface area contributed by atoms with E-state index < -0.39 is 0 Å². The Morgan fingerprint density at radius 2 is 1.18 bits per heavy atom. The van der Waals surface area contributed by atoms with Crippen molar-refractivity contribution in [1.29, 1.82) is 0 Å². The van der Waals surface area contributed by atoms with E-state index in [1.165, 1.54) is 19.6 Å². The number of carbonyl (C=O) groups excluding carboxylic acids is 1. The maximum Gasteiger partial charge on any atom is 0.218 e. The lowest BCUT2D eigenvalue weighted by Crippen LogP contribution is -2.21. The molecule has 1 aliphatic carbocycles. The van der Waals surface area contributed by atoms with Gasteiger partial charge in [0, 0.05) is 25.0 Å². The fourth-order valence-corrected chi connectivity index (χ4v) is 7.04. The molecule has 0 bridgehead atoms. The third kappa shape index (κ3) is 10.2. The number of aliphatic hydroxyl groups is 1. The second kappa shape index (κ2) is 15.4. The molecule has 0 aromatic carbocycles. The van der Waals surface area contributed by atoms with Gasteiger partial charge in [-0.3, -0.25) is 4.79 Å². The van der Waals surface area contributed by atoms with Gasteiger partial charge in [-0.15, -0.1) is 0 Å². The molecular weight excluding hydrogens is 529 g/mol. The van der Waals surface area contributed by atoms with Crippen molar-refractivity contribution in [3.63, 3.8) is 0 Å². The van der Waals surface area contributed by atoms with Crippen LogP contribution in [0.25, 0.3) is 6.08 Å². The summed E-state index contributed by atoms with van der Waals surface area (Å²) in [4.78, 5) is 18.7. The van der Waals surface area contributed by atoms with Crippen molar-refractivity contribution in [2.24, 2.45) is 23.7 Å². The second-order valence-electron chi connectivity index (χ2n) is 13.2. The topological polar surface area (TPSA) is 37.3 Å². The summed E-state index contributed by atoms with van der Waals surface area (Å²) in [5.74, 6) is 2.69. The van der Waals surface area contributed by atoms with Crippen molar-refractivity contribution in [3.8, 4) is 0 Å². The van der Waals surface area contributed by atoms with Gasteiger partial charge in [0.25, 0.3) is 0 Å². The summed E-state index contributed by atoms with van der Waals surface area (Å²) in [5, 5.41) is 11.0. The number of rotatable bonds is 14. The number of ketones is 1. The van der Waals surface area contributed by atoms with E-state index in [1.54, 1.807) is 0 Å². The van der Waals surface area contributed by atoms with E-state index >= 15 is 0 Å². The molecule has 40 heavy (non-hydrogen) atoms. The number of Topliss-reactive ketones (excluding diaryl/α,β-unsaturated/α-hetero) is 1. The van der Waals surface area contributed by atoms with E-state index in [2.05, 4.69) is 79.7 Å². The molecule has 1 N–H and O–H groups in total. The molecule has 0 atom stereocenters. The van der Waals surface area contributed by atoms with E-state index in [-0.39, 0.29) is 11.5 Å². The first-order valence-corrected chi connectivity index (χ1v) is 17.0. The Labute approximate surface area is 252 Å². The number of hydrogen-bond donors (Lipinski definition) is 1. The summed E-state index contributed by atoms with van der Waals surface area (Å²) in [6, 6.07) is 4.42. The van der Waals surface area contributed by atoms with Crippen LogP contribution in [0.3, 0.4) is 0 Å². The van der Waals surface area contributed by atoms with Crippen LogP contribution in [-0.4, -0.2) is 10.9 Å². The average molecular weight is 580 g/mol. The average Bonchev–Trinajstić information content (AvgIpc) is 2.89. The lowest BCUT2D eigenvalue weighted by molar-refractivity contribution is -0.113. The van der Waals surface area contributed by atoms with Crippen LogP contribution in [0, 0.1) is 23.7 Å². The molecular formula is C36H51O2S2+. The molecule has 3 rings (SSSR count). The Balaban J connectivity index is 1.89. The molecule has 0 unspecified atom stereocenters. The Morgan fingerprint density at radius 3 is 1.60 bits per heavy atom. The standard InChI is InChI=1S/C36H50O2S2/c1-23(2)9-13-29-17-27(18-30(39-29)14-10-24(3)4)21-33-35(37)34(36(33)38)22-28-19-31(15-11-25(5)6)40-32(20-28)16-12-26(7)8/h17-26H,9-16H2,1-8H3/p+1. The van der Waals surface area contributed by atoms with Gasteiger partial charge in [0.15, 0.2) is 0 Å². The summed E-state index contributed by atoms with van der Waals surface area (Å²) in [6.45, 7) is 18.1. The summed E-state index contributed by atoms with van der Waals surface area (Å²) in [5.41, 5.74) is 2.93. The van der Waals surface area contributed by atoms with Crippen molar-refractivity contribution in [1.82, 2.24) is 0 Å². The third-order valence-corrected chi connectivity index (χ3v) is 9.67. The second-order valence-corrected chi connectivity index (χ2v) is 15.7. The highest BCUT2D eigenvalue weighted by atomic mass is 32.2. The molecule has 1 aromatic rings. The van der Waals surface area contributed by atoms with Crippen molar-refractivity contribution in [2.75, 3.05) is 0 Å². The van der Waals surface area contributed by atoms with Crippen LogP contribution in [0.15, 0.2) is 62.6 Å². The van der Waals surface area contributed by atoms with Gasteiger partial charge in [0.1, 0.15) is 5.76 Å². The van der Waals surface area contributed by atoms with Crippen LogP contribution < -0.4 is 0 Å². The fraction of sp³-hybridized carbons (Fsp3) is 0.556. The molecule has 2 heterocycles. The molecule has 2 nitrogen and oxygen atoms in total. The number of hydrogen-bond acceptors (Lipinski definition) is 3. The first kappa shape index (κ1) is 32.6. The van der Waals surface area contributed by atoms with Gasteiger partial charge in [-0.1, -0.05) is 67.2 Å². The normalized spacial score (nSPS) is 16.9. The SMILES string of the molecule is CC(C)CCC1=CC(=CC2=C(O)C(=Cc3cc(CCC(C)C)[s+]c(CCC(C)C)c3)C2=O)C=C(CCC(C)C)S1. The molecule has 0 fully saturated rings. The number of aliphatic hydroxyl groups excluding tert-OH is 1. The Bertz CT molecular complexity index is 1140. The van der Waals surface area contributed by atoms with Gasteiger partial charge in [-0.2, -0.15) is 0 Å². The van der Waals surface area contributed by atoms with Crippen LogP contribution in [-0.2, 0) is 17.6 Å². The maximum atomic E-state index is 13.3. The number of thioether (sulfide) groups is 1. The highest BCUT2D eigenvalue weighted by Gasteiger charge is 2.32. The first-order chi connectivity index (χ1) is 18.9. The minimum absolute atomic E-state index is 0.0579. The van der Waals surface area contributed by atoms with Gasteiger partial charge >= 0.3 is 0 Å². The third-order valence-electron chi connectivity index (χ3n) is 7.33. The zero-order valence-electron chi connectivity index (χ0n) is 26.1. The maximum absolute atomic E-state index is 13.3. The highest BCUT2D eigenvalue weighted by molar-refractivity contribution is 8.06. The minimum atomic E-state index is -0.0579. The van der Waals surface area contributed by atoms with Crippen molar-refractivity contribution in [3.05, 3.63) is 78.0 Å². The zero-order valence-corrected chi connectivity index (χ0v) is 27.7. The monoisotopic (exact) mass is 579 g/mol. The summed E-state index contributed by atoms with van der Waals surface area (Å²) in [6.07, 6.45) is 17.0.